The van der Waals surface area contributed by atoms with Crippen LogP contribution in [-0.4, -0.2) is 66.4 Å². The van der Waals surface area contributed by atoms with E-state index in [1.165, 1.54) is 12.1 Å². The van der Waals surface area contributed by atoms with Crippen molar-refractivity contribution in [1.82, 2.24) is 19.9 Å². The summed E-state index contributed by atoms with van der Waals surface area (Å²) in [6.45, 7) is 5.67. The monoisotopic (exact) mass is 370 g/mol. The Balaban J connectivity index is 1.54. The Morgan fingerprint density at radius 1 is 1.15 bits per heavy atom. The molecule has 1 aromatic carbocycles. The van der Waals surface area contributed by atoms with Gasteiger partial charge in [-0.05, 0) is 19.2 Å². The van der Waals surface area contributed by atoms with Crippen LogP contribution in [0, 0.1) is 0 Å². The predicted octanol–water partition coefficient (Wildman–Crippen LogP) is 2.52. The molecule has 6 nitrogen and oxygen atoms in total. The zero-order chi connectivity index (χ0) is 18.6. The van der Waals surface area contributed by atoms with E-state index in [0.717, 1.165) is 51.5 Å². The zero-order valence-electron chi connectivity index (χ0n) is 14.5. The summed E-state index contributed by atoms with van der Waals surface area (Å²) >= 11 is 0. The van der Waals surface area contributed by atoms with Gasteiger partial charge in [0, 0.05) is 31.7 Å². The van der Waals surface area contributed by atoms with Crippen LogP contribution in [-0.2, 0) is 17.5 Å². The summed E-state index contributed by atoms with van der Waals surface area (Å²) in [5, 5.41) is 3.86. The highest BCUT2D eigenvalue weighted by molar-refractivity contribution is 5.54. The number of nitrogens with zero attached hydrogens (tertiary/aromatic N) is 4. The fourth-order valence-corrected chi connectivity index (χ4v) is 2.69. The van der Waals surface area contributed by atoms with Crippen LogP contribution in [0.5, 0.6) is 0 Å². The Bertz CT molecular complexity index is 697. The summed E-state index contributed by atoms with van der Waals surface area (Å²) in [7, 11) is 1.96. The Hall–Kier alpha value is -1.97. The molecule has 0 amide bonds. The van der Waals surface area contributed by atoms with Crippen LogP contribution in [0.1, 0.15) is 11.5 Å². The van der Waals surface area contributed by atoms with Crippen molar-refractivity contribution < 1.29 is 22.4 Å². The first-order valence-electron chi connectivity index (χ1n) is 8.41. The van der Waals surface area contributed by atoms with Gasteiger partial charge < -0.3 is 9.26 Å². The number of hydrogen-bond acceptors (Lipinski definition) is 6. The standard InChI is InChI=1S/C17H21F3N4O2/c1-23(6-7-24-8-10-25-11-9-24)12-15-21-16(22-26-15)13-2-4-14(5-3-13)17(18,19)20/h2-5H,6-12H2,1H3. The van der Waals surface area contributed by atoms with Crippen molar-refractivity contribution >= 4 is 0 Å². The van der Waals surface area contributed by atoms with E-state index >= 15 is 0 Å². The van der Waals surface area contributed by atoms with E-state index in [4.69, 9.17) is 9.26 Å². The number of halogens is 3. The van der Waals surface area contributed by atoms with Gasteiger partial charge in [-0.15, -0.1) is 0 Å². The molecule has 26 heavy (non-hydrogen) atoms. The number of morpholine rings is 1. The fourth-order valence-electron chi connectivity index (χ4n) is 2.69. The van der Waals surface area contributed by atoms with E-state index in [2.05, 4.69) is 19.9 Å². The minimum absolute atomic E-state index is 0.287. The van der Waals surface area contributed by atoms with Crippen molar-refractivity contribution in [2.75, 3.05) is 46.4 Å². The van der Waals surface area contributed by atoms with Crippen LogP contribution < -0.4 is 0 Å². The second-order valence-corrected chi connectivity index (χ2v) is 6.28. The Morgan fingerprint density at radius 3 is 2.50 bits per heavy atom. The molecule has 1 aromatic heterocycles. The van der Waals surface area contributed by atoms with Crippen molar-refractivity contribution in [1.29, 1.82) is 0 Å². The lowest BCUT2D eigenvalue weighted by Crippen LogP contribution is -2.40. The van der Waals surface area contributed by atoms with Gasteiger partial charge in [0.05, 0.1) is 25.3 Å². The summed E-state index contributed by atoms with van der Waals surface area (Å²) < 4.78 is 48.4. The molecule has 2 aromatic rings. The maximum atomic E-state index is 12.6. The molecule has 0 spiro atoms. The van der Waals surface area contributed by atoms with Gasteiger partial charge in [-0.1, -0.05) is 17.3 Å². The number of alkyl halides is 3. The van der Waals surface area contributed by atoms with Crippen molar-refractivity contribution in [3.05, 3.63) is 35.7 Å². The lowest BCUT2D eigenvalue weighted by molar-refractivity contribution is -0.137. The highest BCUT2D eigenvalue weighted by atomic mass is 19.4. The van der Waals surface area contributed by atoms with Crippen molar-refractivity contribution in [2.24, 2.45) is 0 Å². The van der Waals surface area contributed by atoms with Gasteiger partial charge in [-0.2, -0.15) is 18.2 Å². The number of aromatic nitrogens is 2. The van der Waals surface area contributed by atoms with Crippen LogP contribution >= 0.6 is 0 Å². The first kappa shape index (κ1) is 18.8. The van der Waals surface area contributed by atoms with Crippen LogP contribution in [0.15, 0.2) is 28.8 Å². The highest BCUT2D eigenvalue weighted by Gasteiger charge is 2.30. The molecule has 2 heterocycles. The third-order valence-electron chi connectivity index (χ3n) is 4.25. The SMILES string of the molecule is CN(CCN1CCOCC1)Cc1nc(-c2ccc(C(F)(F)F)cc2)no1. The fraction of sp³-hybridized carbons (Fsp3) is 0.529. The number of hydrogen-bond donors (Lipinski definition) is 0. The van der Waals surface area contributed by atoms with Gasteiger partial charge in [0.2, 0.25) is 11.7 Å². The molecule has 1 aliphatic heterocycles. The van der Waals surface area contributed by atoms with E-state index in [1.54, 1.807) is 0 Å². The minimum atomic E-state index is -4.36. The van der Waals surface area contributed by atoms with Crippen molar-refractivity contribution in [2.45, 2.75) is 12.7 Å². The van der Waals surface area contributed by atoms with Crippen molar-refractivity contribution in [3.63, 3.8) is 0 Å². The summed E-state index contributed by atoms with van der Waals surface area (Å²) in [5.74, 6) is 0.722. The van der Waals surface area contributed by atoms with Crippen LogP contribution in [0.3, 0.4) is 0 Å². The third kappa shape index (κ3) is 5.03. The molecule has 1 saturated heterocycles. The van der Waals surface area contributed by atoms with Gasteiger partial charge in [0.25, 0.3) is 0 Å². The molecule has 1 aliphatic rings. The normalized spacial score (nSPS) is 16.3. The third-order valence-corrected chi connectivity index (χ3v) is 4.25. The van der Waals surface area contributed by atoms with Gasteiger partial charge in [0.1, 0.15) is 0 Å². The first-order valence-corrected chi connectivity index (χ1v) is 8.41. The molecule has 142 valence electrons. The lowest BCUT2D eigenvalue weighted by atomic mass is 10.1. The number of likely N-dealkylation sites (N-methyl/N-ethyl adjacent to an activating group) is 1. The molecule has 0 unspecified atom stereocenters. The van der Waals surface area contributed by atoms with Crippen molar-refractivity contribution in [3.8, 4) is 11.4 Å². The predicted molar refractivity (Wildman–Crippen MR) is 88.3 cm³/mol. The average molecular weight is 370 g/mol. The maximum absolute atomic E-state index is 12.6. The summed E-state index contributed by atoms with van der Waals surface area (Å²) in [5.41, 5.74) is -0.211. The van der Waals surface area contributed by atoms with E-state index in [-0.39, 0.29) is 5.82 Å². The van der Waals surface area contributed by atoms with Gasteiger partial charge in [-0.25, -0.2) is 0 Å². The molecule has 9 heteroatoms. The number of ether oxygens (including phenoxy) is 1. The smallest absolute Gasteiger partial charge is 0.379 e. The van der Waals surface area contributed by atoms with Gasteiger partial charge in [-0.3, -0.25) is 9.80 Å². The van der Waals surface area contributed by atoms with E-state index in [1.807, 2.05) is 7.05 Å². The first-order chi connectivity index (χ1) is 12.4. The molecule has 0 saturated carbocycles. The quantitative estimate of drug-likeness (QED) is 0.779. The van der Waals surface area contributed by atoms with E-state index in [0.29, 0.717) is 18.0 Å². The van der Waals surface area contributed by atoms with Gasteiger partial charge >= 0.3 is 6.18 Å². The highest BCUT2D eigenvalue weighted by Crippen LogP contribution is 2.30. The Morgan fingerprint density at radius 2 is 1.85 bits per heavy atom. The average Bonchev–Trinajstić information content (AvgIpc) is 3.09. The second kappa shape index (κ2) is 8.15. The van der Waals surface area contributed by atoms with Crippen LogP contribution in [0.25, 0.3) is 11.4 Å². The number of rotatable bonds is 6. The molecule has 0 N–H and O–H groups in total. The molecule has 0 radical (unpaired) electrons. The Kier molecular flexibility index (Phi) is 5.90. The lowest BCUT2D eigenvalue weighted by Gasteiger charge is -2.28. The summed E-state index contributed by atoms with van der Waals surface area (Å²) in [6.07, 6.45) is -4.36. The molecule has 0 atom stereocenters. The Labute approximate surface area is 149 Å². The molecule has 3 rings (SSSR count). The molecule has 0 bridgehead atoms. The molecular weight excluding hydrogens is 349 g/mol. The molecule has 1 fully saturated rings. The molecular formula is C17H21F3N4O2. The summed E-state index contributed by atoms with van der Waals surface area (Å²) in [6, 6.07) is 4.72. The topological polar surface area (TPSA) is 54.6 Å². The molecule has 0 aliphatic carbocycles. The van der Waals surface area contributed by atoms with E-state index in [9.17, 15) is 13.2 Å². The van der Waals surface area contributed by atoms with Gasteiger partial charge in [0.15, 0.2) is 0 Å². The van der Waals surface area contributed by atoms with Crippen LogP contribution in [0.2, 0.25) is 0 Å². The number of benzene rings is 1. The largest absolute Gasteiger partial charge is 0.416 e. The maximum Gasteiger partial charge on any atom is 0.416 e. The minimum Gasteiger partial charge on any atom is -0.379 e. The van der Waals surface area contributed by atoms with E-state index < -0.39 is 11.7 Å². The summed E-state index contributed by atoms with van der Waals surface area (Å²) in [4.78, 5) is 8.68. The van der Waals surface area contributed by atoms with Crippen LogP contribution in [0.4, 0.5) is 13.2 Å². The second-order valence-electron chi connectivity index (χ2n) is 6.28. The zero-order valence-corrected chi connectivity index (χ0v) is 14.5.